The Hall–Kier alpha value is -8.25. The largest absolute Gasteiger partial charge is 0.454 e. The summed E-state index contributed by atoms with van der Waals surface area (Å²) in [7, 11) is 0. The van der Waals surface area contributed by atoms with Crippen LogP contribution in [0.4, 0.5) is 0 Å². The number of benzene rings is 7. The van der Waals surface area contributed by atoms with Gasteiger partial charge >= 0.3 is 0 Å². The van der Waals surface area contributed by atoms with Crippen LogP contribution in [-0.2, 0) is 0 Å². The molecule has 14 rings (SSSR count). The van der Waals surface area contributed by atoms with Gasteiger partial charge in [0.1, 0.15) is 5.58 Å². The van der Waals surface area contributed by atoms with Gasteiger partial charge in [-0.05, 0) is 83.5 Å². The molecule has 6 unspecified atom stereocenters. The van der Waals surface area contributed by atoms with Crippen LogP contribution in [-0.4, -0.2) is 21.5 Å². The molecule has 0 bridgehead atoms. The maximum Gasteiger partial charge on any atom is 0.159 e. The van der Waals surface area contributed by atoms with Crippen LogP contribution in [0.1, 0.15) is 54.1 Å². The van der Waals surface area contributed by atoms with Crippen molar-refractivity contribution in [1.82, 2.24) is 25.1 Å². The third-order valence-electron chi connectivity index (χ3n) is 15.5. The molecule has 1 saturated heterocycles. The molecule has 6 atom stereocenters. The first-order valence-corrected chi connectivity index (χ1v) is 25.0. The van der Waals surface area contributed by atoms with E-state index in [0.717, 1.165) is 74.5 Å². The number of hydrogen-bond donors (Lipinski definition) is 3. The van der Waals surface area contributed by atoms with Gasteiger partial charge in [-0.1, -0.05) is 176 Å². The van der Waals surface area contributed by atoms with E-state index in [1.807, 2.05) is 12.1 Å². The van der Waals surface area contributed by atoms with Gasteiger partial charge in [0.05, 0.1) is 52.8 Å². The van der Waals surface area contributed by atoms with Gasteiger partial charge in [0.25, 0.3) is 0 Å². The monoisotopic (exact) mass is 918 g/mol. The van der Waals surface area contributed by atoms with Crippen molar-refractivity contribution >= 4 is 71.1 Å². The summed E-state index contributed by atoms with van der Waals surface area (Å²) in [5.74, 6) is 0.137. The number of rotatable bonds is 7. The average molecular weight is 919 g/mol. The van der Waals surface area contributed by atoms with Gasteiger partial charge in [0, 0.05) is 55.2 Å². The fraction of sp³-hybridized carbons (Fsp3) is 0.141. The van der Waals surface area contributed by atoms with Gasteiger partial charge < -0.3 is 13.6 Å². The molecule has 0 spiro atoms. The molecule has 7 nitrogen and oxygen atoms in total. The van der Waals surface area contributed by atoms with E-state index < -0.39 is 0 Å². The third kappa shape index (κ3) is 6.90. The van der Waals surface area contributed by atoms with Crippen molar-refractivity contribution in [2.24, 2.45) is 5.92 Å². The molecule has 7 aromatic carbocycles. The number of hydrogen-bond acceptors (Lipinski definition) is 5. The highest BCUT2D eigenvalue weighted by Crippen LogP contribution is 2.46. The van der Waals surface area contributed by atoms with Crippen molar-refractivity contribution < 1.29 is 4.42 Å². The van der Waals surface area contributed by atoms with Gasteiger partial charge in [0.15, 0.2) is 5.58 Å². The van der Waals surface area contributed by atoms with Crippen LogP contribution in [0.3, 0.4) is 0 Å². The van der Waals surface area contributed by atoms with E-state index in [9.17, 15) is 5.26 Å². The zero-order valence-electron chi connectivity index (χ0n) is 39.0. The number of fused-ring (bicyclic) bond motifs is 10. The Bertz CT molecular complexity index is 4000. The van der Waals surface area contributed by atoms with E-state index in [4.69, 9.17) is 4.42 Å². The SMILES string of the molecule is N#CC1=CC(C2NC(C3=CCC(c4ccccc4)C=C3)NC(c3ccc(C4=CCCC=C4)cc3)N2)C(n2c3ccccc3c3ccc4c(c5ccccc5n4-c4cccc5c4oc4ccccc45)c32)C=C1. The summed E-state index contributed by atoms with van der Waals surface area (Å²) >= 11 is 0. The molecule has 10 aromatic rings. The van der Waals surface area contributed by atoms with Crippen LogP contribution in [0.15, 0.2) is 228 Å². The highest BCUT2D eigenvalue weighted by atomic mass is 16.3. The van der Waals surface area contributed by atoms with Crippen LogP contribution in [0, 0.1) is 17.2 Å². The number of furan rings is 1. The standard InChI is InChI=1S/C64H50N6O/c65-39-40-26-36-55(52(38-40)64-67-62(45-31-27-43(28-32-45)41-14-3-1-4-15-41)66-63(68-64)46-33-29-44(30-34-46)42-16-5-2-6-17-42)70-53-22-10-7-18-47(53)49-35-37-56-59(60(49)70)51-20-8-11-23-54(51)69(56)57-24-13-21-50-48-19-9-12-25-58(48)71-61(50)57/h1,3-5,7-27,29-38,43,52,55,62-64,66-68H,2,6,28H2. The maximum atomic E-state index is 10.6. The first-order chi connectivity index (χ1) is 35.2. The predicted octanol–water partition coefficient (Wildman–Crippen LogP) is 14.5. The molecule has 3 aliphatic carbocycles. The fourth-order valence-corrected chi connectivity index (χ4v) is 12.1. The molecule has 0 radical (unpaired) electrons. The van der Waals surface area contributed by atoms with Gasteiger partial charge in [0.2, 0.25) is 0 Å². The van der Waals surface area contributed by atoms with Crippen LogP contribution in [0.25, 0.3) is 76.8 Å². The zero-order chi connectivity index (χ0) is 47.0. The molecule has 0 amide bonds. The summed E-state index contributed by atoms with van der Waals surface area (Å²) in [6.45, 7) is 0. The van der Waals surface area contributed by atoms with E-state index in [2.05, 4.69) is 231 Å². The summed E-state index contributed by atoms with van der Waals surface area (Å²) in [4.78, 5) is 0. The molecule has 7 heteroatoms. The van der Waals surface area contributed by atoms with Crippen LogP contribution in [0.5, 0.6) is 0 Å². The lowest BCUT2D eigenvalue weighted by Gasteiger charge is -2.45. The van der Waals surface area contributed by atoms with Gasteiger partial charge in [-0.3, -0.25) is 16.0 Å². The predicted molar refractivity (Wildman–Crippen MR) is 290 cm³/mol. The molecule has 342 valence electrons. The Morgan fingerprint density at radius 3 is 2.17 bits per heavy atom. The van der Waals surface area contributed by atoms with E-state index >= 15 is 0 Å². The Balaban J connectivity index is 0.932. The molecule has 1 aliphatic heterocycles. The Morgan fingerprint density at radius 1 is 0.577 bits per heavy atom. The molecule has 3 aromatic heterocycles. The van der Waals surface area contributed by atoms with E-state index in [-0.39, 0.29) is 30.5 Å². The summed E-state index contributed by atoms with van der Waals surface area (Å²) in [5, 5.41) is 29.7. The second-order valence-electron chi connectivity index (χ2n) is 19.4. The van der Waals surface area contributed by atoms with Gasteiger partial charge in [-0.2, -0.15) is 5.26 Å². The zero-order valence-corrected chi connectivity index (χ0v) is 39.0. The van der Waals surface area contributed by atoms with E-state index in [1.54, 1.807) is 0 Å². The Labute approximate surface area is 411 Å². The van der Waals surface area contributed by atoms with Crippen molar-refractivity contribution in [3.05, 3.63) is 240 Å². The number of allylic oxidation sites excluding steroid dienone is 9. The first-order valence-electron chi connectivity index (χ1n) is 25.0. The van der Waals surface area contributed by atoms with Crippen LogP contribution in [0.2, 0.25) is 0 Å². The number of nitrogens with one attached hydrogen (secondary N) is 3. The van der Waals surface area contributed by atoms with Crippen molar-refractivity contribution in [3.8, 4) is 11.8 Å². The molecular formula is C64H50N6O. The normalized spacial score (nSPS) is 22.4. The van der Waals surface area contributed by atoms with E-state index in [0.29, 0.717) is 11.5 Å². The van der Waals surface area contributed by atoms with Gasteiger partial charge in [-0.25, -0.2) is 0 Å². The molecule has 71 heavy (non-hydrogen) atoms. The molecule has 3 N–H and O–H groups in total. The quantitative estimate of drug-likeness (QED) is 0.148. The maximum absolute atomic E-state index is 10.6. The van der Waals surface area contributed by atoms with Crippen molar-refractivity contribution in [2.45, 2.75) is 49.7 Å². The highest BCUT2D eigenvalue weighted by Gasteiger charge is 2.39. The van der Waals surface area contributed by atoms with Gasteiger partial charge in [-0.15, -0.1) is 0 Å². The van der Waals surface area contributed by atoms with Crippen molar-refractivity contribution in [3.63, 3.8) is 0 Å². The minimum atomic E-state index is -0.253. The molecule has 1 fully saturated rings. The minimum absolute atomic E-state index is 0.169. The van der Waals surface area contributed by atoms with Crippen molar-refractivity contribution in [2.75, 3.05) is 0 Å². The summed E-state index contributed by atoms with van der Waals surface area (Å²) < 4.78 is 11.7. The highest BCUT2D eigenvalue weighted by molar-refractivity contribution is 6.26. The van der Waals surface area contributed by atoms with Crippen LogP contribution < -0.4 is 16.0 Å². The molecule has 0 saturated carbocycles. The van der Waals surface area contributed by atoms with Crippen LogP contribution >= 0.6 is 0 Å². The lowest BCUT2D eigenvalue weighted by molar-refractivity contribution is 0.170. The average Bonchev–Trinajstić information content (AvgIpc) is 4.12. The fourth-order valence-electron chi connectivity index (χ4n) is 12.1. The third-order valence-corrected chi connectivity index (χ3v) is 15.5. The number of nitriles is 1. The Kier molecular flexibility index (Phi) is 9.99. The lowest BCUT2D eigenvalue weighted by atomic mass is 9.86. The molecule has 4 aliphatic rings. The number of aromatic nitrogens is 2. The summed E-state index contributed by atoms with van der Waals surface area (Å²) in [6.07, 6.45) is 22.8. The molecular weight excluding hydrogens is 869 g/mol. The second-order valence-corrected chi connectivity index (χ2v) is 19.4. The minimum Gasteiger partial charge on any atom is -0.454 e. The van der Waals surface area contributed by atoms with Crippen molar-refractivity contribution in [1.29, 1.82) is 5.26 Å². The number of nitrogens with zero attached hydrogens (tertiary/aromatic N) is 3. The molecule has 4 heterocycles. The number of para-hydroxylation sites is 4. The smallest absolute Gasteiger partial charge is 0.159 e. The Morgan fingerprint density at radius 2 is 1.35 bits per heavy atom. The topological polar surface area (TPSA) is 82.9 Å². The first kappa shape index (κ1) is 41.7. The summed E-state index contributed by atoms with van der Waals surface area (Å²) in [5.41, 5.74) is 14.1. The second kappa shape index (κ2) is 17.0. The van der Waals surface area contributed by atoms with E-state index in [1.165, 1.54) is 43.8 Å². The summed E-state index contributed by atoms with van der Waals surface area (Å²) in [6, 6.07) is 59.2. The lowest BCUT2D eigenvalue weighted by Crippen LogP contribution is -2.66.